The number of carbonyl (C=O) groups excluding carboxylic acids is 1. The molecule has 2 aliphatic rings. The van der Waals surface area contributed by atoms with Gasteiger partial charge in [-0.15, -0.1) is 0 Å². The maximum atomic E-state index is 14.5. The van der Waals surface area contributed by atoms with Crippen LogP contribution in [-0.4, -0.2) is 33.0 Å². The van der Waals surface area contributed by atoms with Crippen molar-refractivity contribution in [3.05, 3.63) is 47.3 Å². The van der Waals surface area contributed by atoms with Crippen molar-refractivity contribution in [1.82, 2.24) is 10.6 Å². The molecule has 0 saturated carbocycles. The lowest BCUT2D eigenvalue weighted by molar-refractivity contribution is -0.123. The van der Waals surface area contributed by atoms with Gasteiger partial charge in [0.2, 0.25) is 18.4 Å². The minimum atomic E-state index is -0.498. The highest BCUT2D eigenvalue weighted by molar-refractivity contribution is 5.77. The maximum absolute atomic E-state index is 14.5. The molecule has 0 spiro atoms. The van der Waals surface area contributed by atoms with E-state index in [1.165, 1.54) is 13.2 Å². The Kier molecular flexibility index (Phi) is 5.44. The SMILES string of the molecule is COc1ccc(F)c([C@@H]2NC(=O)CC[C@H]2NCc2cc(OC)c3c(c2)OCO3)c1. The normalized spacial score (nSPS) is 20.3. The van der Waals surface area contributed by atoms with Gasteiger partial charge in [0.05, 0.1) is 20.3 Å². The van der Waals surface area contributed by atoms with Crippen LogP contribution in [0.1, 0.15) is 30.0 Å². The van der Waals surface area contributed by atoms with E-state index in [1.807, 2.05) is 12.1 Å². The molecule has 1 amide bonds. The second kappa shape index (κ2) is 8.16. The van der Waals surface area contributed by atoms with Crippen LogP contribution in [0.25, 0.3) is 0 Å². The molecule has 2 heterocycles. The van der Waals surface area contributed by atoms with E-state index >= 15 is 0 Å². The third-order valence-corrected chi connectivity index (χ3v) is 5.23. The summed E-state index contributed by atoms with van der Waals surface area (Å²) < 4.78 is 36.0. The Balaban J connectivity index is 1.55. The second-order valence-corrected chi connectivity index (χ2v) is 6.99. The van der Waals surface area contributed by atoms with E-state index in [0.29, 0.717) is 47.9 Å². The summed E-state index contributed by atoms with van der Waals surface area (Å²) in [7, 11) is 3.10. The number of carbonyl (C=O) groups is 1. The van der Waals surface area contributed by atoms with Crippen LogP contribution >= 0.6 is 0 Å². The topological polar surface area (TPSA) is 78.1 Å². The molecule has 1 fully saturated rings. The molecule has 8 heteroatoms. The first-order valence-electron chi connectivity index (χ1n) is 9.41. The van der Waals surface area contributed by atoms with Crippen LogP contribution in [0.15, 0.2) is 30.3 Å². The minimum absolute atomic E-state index is 0.0972. The van der Waals surface area contributed by atoms with Gasteiger partial charge in [-0.2, -0.15) is 0 Å². The number of amides is 1. The monoisotopic (exact) mass is 402 g/mol. The van der Waals surface area contributed by atoms with Crippen molar-refractivity contribution in [2.45, 2.75) is 31.5 Å². The van der Waals surface area contributed by atoms with E-state index in [-0.39, 0.29) is 24.6 Å². The number of piperidine rings is 1. The summed E-state index contributed by atoms with van der Waals surface area (Å²) in [6, 6.07) is 7.67. The van der Waals surface area contributed by atoms with Crippen molar-refractivity contribution >= 4 is 5.91 Å². The molecule has 2 aromatic carbocycles. The number of fused-ring (bicyclic) bond motifs is 1. The van der Waals surface area contributed by atoms with Crippen LogP contribution in [0, 0.1) is 5.82 Å². The fraction of sp³-hybridized carbons (Fsp3) is 0.381. The van der Waals surface area contributed by atoms with Crippen molar-refractivity contribution in [2.24, 2.45) is 0 Å². The van der Waals surface area contributed by atoms with Crippen molar-refractivity contribution in [3.8, 4) is 23.0 Å². The number of methoxy groups -OCH3 is 2. The van der Waals surface area contributed by atoms with Crippen LogP contribution in [0.5, 0.6) is 23.0 Å². The van der Waals surface area contributed by atoms with E-state index < -0.39 is 6.04 Å². The first kappa shape index (κ1) is 19.3. The molecular formula is C21H23FN2O5. The predicted octanol–water partition coefficient (Wildman–Crippen LogP) is 2.68. The van der Waals surface area contributed by atoms with Gasteiger partial charge in [0, 0.05) is 24.6 Å². The second-order valence-electron chi connectivity index (χ2n) is 6.99. The van der Waals surface area contributed by atoms with E-state index in [1.54, 1.807) is 19.2 Å². The standard InChI is InChI=1S/C21H23FN2O5/c1-26-13-3-4-15(22)14(9-13)20-16(5-6-19(25)24-20)23-10-12-7-17(27-2)21-18(8-12)28-11-29-21/h3-4,7-9,16,20,23H,5-6,10-11H2,1-2H3,(H,24,25)/t16-,20+/m1/s1. The molecule has 0 aromatic heterocycles. The summed E-state index contributed by atoms with van der Waals surface area (Å²) in [5.41, 5.74) is 1.34. The summed E-state index contributed by atoms with van der Waals surface area (Å²) in [5, 5.41) is 6.35. The van der Waals surface area contributed by atoms with Crippen LogP contribution in [0.4, 0.5) is 4.39 Å². The zero-order valence-corrected chi connectivity index (χ0v) is 16.3. The Morgan fingerprint density at radius 3 is 2.86 bits per heavy atom. The molecule has 7 nitrogen and oxygen atoms in total. The molecule has 2 N–H and O–H groups in total. The Bertz CT molecular complexity index is 920. The van der Waals surface area contributed by atoms with Crippen LogP contribution in [0.2, 0.25) is 0 Å². The molecular weight excluding hydrogens is 379 g/mol. The first-order chi connectivity index (χ1) is 14.1. The Labute approximate surface area is 168 Å². The Morgan fingerprint density at radius 1 is 1.21 bits per heavy atom. The number of hydrogen-bond donors (Lipinski definition) is 2. The number of nitrogens with one attached hydrogen (secondary N) is 2. The van der Waals surface area contributed by atoms with Gasteiger partial charge >= 0.3 is 0 Å². The number of halogens is 1. The average molecular weight is 402 g/mol. The molecule has 29 heavy (non-hydrogen) atoms. The average Bonchev–Trinajstić information content (AvgIpc) is 3.21. The van der Waals surface area contributed by atoms with Crippen LogP contribution < -0.4 is 29.6 Å². The van der Waals surface area contributed by atoms with E-state index in [0.717, 1.165) is 5.56 Å². The van der Waals surface area contributed by atoms with Gasteiger partial charge in [-0.1, -0.05) is 0 Å². The molecule has 2 atom stereocenters. The van der Waals surface area contributed by atoms with Gasteiger partial charge in [-0.3, -0.25) is 4.79 Å². The van der Waals surface area contributed by atoms with Crippen LogP contribution in [0.3, 0.4) is 0 Å². The van der Waals surface area contributed by atoms with Gasteiger partial charge in [-0.05, 0) is 42.3 Å². The van der Waals surface area contributed by atoms with Gasteiger partial charge in [0.15, 0.2) is 11.5 Å². The van der Waals surface area contributed by atoms with Crippen molar-refractivity contribution in [2.75, 3.05) is 21.0 Å². The van der Waals surface area contributed by atoms with Gasteiger partial charge < -0.3 is 29.6 Å². The summed E-state index contributed by atoms with van der Waals surface area (Å²) in [6.45, 7) is 0.657. The zero-order valence-electron chi connectivity index (χ0n) is 16.3. The molecule has 0 aliphatic carbocycles. The maximum Gasteiger partial charge on any atom is 0.231 e. The lowest BCUT2D eigenvalue weighted by Crippen LogP contribution is -2.48. The summed E-state index contributed by atoms with van der Waals surface area (Å²) >= 11 is 0. The Hall–Kier alpha value is -3.00. The molecule has 154 valence electrons. The lowest BCUT2D eigenvalue weighted by Gasteiger charge is -2.33. The molecule has 2 aliphatic heterocycles. The number of rotatable bonds is 6. The largest absolute Gasteiger partial charge is 0.497 e. The third kappa shape index (κ3) is 3.93. The summed E-state index contributed by atoms with van der Waals surface area (Å²) in [6.07, 6.45) is 0.971. The van der Waals surface area contributed by atoms with Gasteiger partial charge in [-0.25, -0.2) is 4.39 Å². The smallest absolute Gasteiger partial charge is 0.231 e. The molecule has 4 rings (SSSR count). The van der Waals surface area contributed by atoms with Gasteiger partial charge in [0.1, 0.15) is 11.6 Å². The third-order valence-electron chi connectivity index (χ3n) is 5.23. The highest BCUT2D eigenvalue weighted by atomic mass is 19.1. The van der Waals surface area contributed by atoms with Crippen molar-refractivity contribution in [1.29, 1.82) is 0 Å². The summed E-state index contributed by atoms with van der Waals surface area (Å²) in [4.78, 5) is 12.0. The van der Waals surface area contributed by atoms with E-state index in [9.17, 15) is 9.18 Å². The molecule has 0 unspecified atom stereocenters. The van der Waals surface area contributed by atoms with Crippen LogP contribution in [-0.2, 0) is 11.3 Å². The number of hydrogen-bond acceptors (Lipinski definition) is 6. The fourth-order valence-electron chi connectivity index (χ4n) is 3.74. The zero-order chi connectivity index (χ0) is 20.4. The molecule has 0 bridgehead atoms. The Morgan fingerprint density at radius 2 is 2.07 bits per heavy atom. The number of ether oxygens (including phenoxy) is 4. The van der Waals surface area contributed by atoms with E-state index in [2.05, 4.69) is 10.6 Å². The molecule has 2 aromatic rings. The first-order valence-corrected chi connectivity index (χ1v) is 9.41. The van der Waals surface area contributed by atoms with E-state index in [4.69, 9.17) is 18.9 Å². The highest BCUT2D eigenvalue weighted by Crippen LogP contribution is 2.42. The number of benzene rings is 2. The molecule has 1 saturated heterocycles. The summed E-state index contributed by atoms with van der Waals surface area (Å²) in [5.74, 6) is 1.89. The van der Waals surface area contributed by atoms with Crippen molar-refractivity contribution < 1.29 is 28.1 Å². The fourth-order valence-corrected chi connectivity index (χ4v) is 3.74. The molecule has 0 radical (unpaired) electrons. The van der Waals surface area contributed by atoms with Crippen molar-refractivity contribution in [3.63, 3.8) is 0 Å². The highest BCUT2D eigenvalue weighted by Gasteiger charge is 2.32. The quantitative estimate of drug-likeness (QED) is 0.774. The predicted molar refractivity (Wildman–Crippen MR) is 103 cm³/mol. The minimum Gasteiger partial charge on any atom is -0.497 e. The van der Waals surface area contributed by atoms with Gasteiger partial charge in [0.25, 0.3) is 0 Å². The lowest BCUT2D eigenvalue weighted by atomic mass is 9.91.